The number of hydrogen-bond donors (Lipinski definition) is 1. The molecule has 0 saturated heterocycles. The van der Waals surface area contributed by atoms with Gasteiger partial charge in [-0.3, -0.25) is 4.57 Å². The predicted octanol–water partition coefficient (Wildman–Crippen LogP) is 3.54. The minimum Gasteiger partial charge on any atom is -0.324 e. The van der Waals surface area contributed by atoms with E-state index in [0.29, 0.717) is 11.6 Å². The fourth-order valence-electron chi connectivity index (χ4n) is 2.28. The second-order valence-electron chi connectivity index (χ2n) is 4.66. The Morgan fingerprint density at radius 2 is 2.11 bits per heavy atom. The molecule has 2 aromatic rings. The number of fused-ring (bicyclic) bond motifs is 1. The molecule has 0 fully saturated rings. The van der Waals surface area contributed by atoms with E-state index in [9.17, 15) is 4.39 Å². The van der Waals surface area contributed by atoms with Gasteiger partial charge in [0.25, 0.3) is 0 Å². The third-order valence-corrected chi connectivity index (χ3v) is 3.57. The van der Waals surface area contributed by atoms with E-state index in [1.807, 2.05) is 0 Å². The third kappa shape index (κ3) is 2.56. The first-order chi connectivity index (χ1) is 9.24. The van der Waals surface area contributed by atoms with Crippen LogP contribution >= 0.6 is 11.6 Å². The molecular weight excluding hydrogens is 267 g/mol. The molecule has 100 valence electrons. The first-order valence-corrected chi connectivity index (χ1v) is 6.76. The van der Waals surface area contributed by atoms with Crippen molar-refractivity contribution in [1.82, 2.24) is 14.8 Å². The Kier molecular flexibility index (Phi) is 3.38. The summed E-state index contributed by atoms with van der Waals surface area (Å²) in [4.78, 5) is 0. The molecule has 4 nitrogen and oxygen atoms in total. The van der Waals surface area contributed by atoms with Crippen LogP contribution in [0.15, 0.2) is 18.2 Å². The van der Waals surface area contributed by atoms with Gasteiger partial charge in [0, 0.05) is 18.7 Å². The zero-order valence-electron chi connectivity index (χ0n) is 10.4. The minimum absolute atomic E-state index is 0.0978. The lowest BCUT2D eigenvalue weighted by Crippen LogP contribution is -2.05. The normalized spacial score (nSPS) is 14.8. The molecule has 6 heteroatoms. The topological polar surface area (TPSA) is 42.7 Å². The highest BCUT2D eigenvalue weighted by atomic mass is 35.5. The van der Waals surface area contributed by atoms with E-state index < -0.39 is 5.82 Å². The molecule has 1 N–H and O–H groups in total. The van der Waals surface area contributed by atoms with E-state index in [0.717, 1.165) is 31.6 Å². The van der Waals surface area contributed by atoms with Gasteiger partial charge in [0.05, 0.1) is 5.02 Å². The number of aryl methyl sites for hydroxylation is 1. The van der Waals surface area contributed by atoms with Gasteiger partial charge in [-0.05, 0) is 31.0 Å². The molecule has 0 spiro atoms. The van der Waals surface area contributed by atoms with E-state index in [2.05, 4.69) is 20.1 Å². The summed E-state index contributed by atoms with van der Waals surface area (Å²) in [6, 6.07) is 4.53. The largest absolute Gasteiger partial charge is 0.324 e. The maximum Gasteiger partial charge on any atom is 0.229 e. The van der Waals surface area contributed by atoms with Crippen LogP contribution < -0.4 is 5.32 Å². The first kappa shape index (κ1) is 12.4. The van der Waals surface area contributed by atoms with Gasteiger partial charge in [0.15, 0.2) is 0 Å². The zero-order chi connectivity index (χ0) is 13.2. The molecule has 0 amide bonds. The van der Waals surface area contributed by atoms with Crippen LogP contribution in [0.2, 0.25) is 5.02 Å². The highest BCUT2D eigenvalue weighted by molar-refractivity contribution is 6.31. The predicted molar refractivity (Wildman–Crippen MR) is 72.3 cm³/mol. The fraction of sp³-hybridized carbons (Fsp3) is 0.385. The summed E-state index contributed by atoms with van der Waals surface area (Å²) in [6.45, 7) is 0.916. The maximum absolute atomic E-state index is 13.1. The van der Waals surface area contributed by atoms with Gasteiger partial charge in [0.1, 0.15) is 11.6 Å². The molecule has 1 aliphatic rings. The van der Waals surface area contributed by atoms with E-state index in [1.165, 1.54) is 12.5 Å². The highest BCUT2D eigenvalue weighted by Gasteiger charge is 2.14. The van der Waals surface area contributed by atoms with Crippen molar-refractivity contribution in [2.75, 3.05) is 5.32 Å². The van der Waals surface area contributed by atoms with Crippen molar-refractivity contribution >= 4 is 23.2 Å². The number of nitrogens with one attached hydrogen (secondary N) is 1. The van der Waals surface area contributed by atoms with Crippen molar-refractivity contribution in [2.45, 2.75) is 32.2 Å². The average Bonchev–Trinajstić information content (AvgIpc) is 2.63. The molecule has 0 unspecified atom stereocenters. The van der Waals surface area contributed by atoms with Crippen LogP contribution in [-0.4, -0.2) is 14.8 Å². The van der Waals surface area contributed by atoms with Crippen LogP contribution in [0.5, 0.6) is 0 Å². The Labute approximate surface area is 115 Å². The Bertz CT molecular complexity index is 596. The van der Waals surface area contributed by atoms with Crippen molar-refractivity contribution in [2.24, 2.45) is 0 Å². The monoisotopic (exact) mass is 280 g/mol. The summed E-state index contributed by atoms with van der Waals surface area (Å²) < 4.78 is 15.2. The first-order valence-electron chi connectivity index (χ1n) is 6.38. The lowest BCUT2D eigenvalue weighted by Gasteiger charge is -2.09. The number of halogens is 2. The summed E-state index contributed by atoms with van der Waals surface area (Å²) in [6.07, 6.45) is 4.45. The molecule has 0 radical (unpaired) electrons. The molecule has 0 saturated carbocycles. The van der Waals surface area contributed by atoms with Gasteiger partial charge in [-0.2, -0.15) is 0 Å². The Balaban J connectivity index is 1.87. The van der Waals surface area contributed by atoms with Crippen LogP contribution in [0, 0.1) is 5.82 Å². The van der Waals surface area contributed by atoms with Gasteiger partial charge < -0.3 is 5.32 Å². The molecule has 0 atom stereocenters. The molecule has 3 rings (SSSR count). The van der Waals surface area contributed by atoms with E-state index in [-0.39, 0.29) is 5.02 Å². The van der Waals surface area contributed by atoms with Gasteiger partial charge in [-0.1, -0.05) is 18.0 Å². The summed E-state index contributed by atoms with van der Waals surface area (Å²) >= 11 is 5.77. The van der Waals surface area contributed by atoms with Crippen LogP contribution in [0.1, 0.15) is 25.1 Å². The SMILES string of the molecule is Fc1ccc(Nc2nnc3n2CCCCC3)cc1Cl. The molecule has 1 aromatic carbocycles. The fourth-order valence-corrected chi connectivity index (χ4v) is 2.46. The van der Waals surface area contributed by atoms with E-state index in [1.54, 1.807) is 12.1 Å². The van der Waals surface area contributed by atoms with Crippen LogP contribution in [0.25, 0.3) is 0 Å². The Hall–Kier alpha value is -1.62. The number of anilines is 2. The maximum atomic E-state index is 13.1. The number of hydrogen-bond acceptors (Lipinski definition) is 3. The Morgan fingerprint density at radius 1 is 1.21 bits per heavy atom. The second-order valence-corrected chi connectivity index (χ2v) is 5.06. The molecular formula is C13H14ClFN4. The summed E-state index contributed by atoms with van der Waals surface area (Å²) in [7, 11) is 0. The van der Waals surface area contributed by atoms with Crippen molar-refractivity contribution in [3.8, 4) is 0 Å². The van der Waals surface area contributed by atoms with Crippen molar-refractivity contribution in [3.05, 3.63) is 34.9 Å². The van der Waals surface area contributed by atoms with Crippen molar-refractivity contribution in [3.63, 3.8) is 0 Å². The molecule has 19 heavy (non-hydrogen) atoms. The second kappa shape index (κ2) is 5.17. The number of benzene rings is 1. The summed E-state index contributed by atoms with van der Waals surface area (Å²) in [5, 5.41) is 11.6. The Morgan fingerprint density at radius 3 is 2.95 bits per heavy atom. The van der Waals surface area contributed by atoms with Crippen LogP contribution in [0.4, 0.5) is 16.0 Å². The average molecular weight is 281 g/mol. The van der Waals surface area contributed by atoms with E-state index in [4.69, 9.17) is 11.6 Å². The molecule has 1 aliphatic heterocycles. The zero-order valence-corrected chi connectivity index (χ0v) is 11.1. The number of nitrogens with zero attached hydrogens (tertiary/aromatic N) is 3. The molecule has 0 aliphatic carbocycles. The summed E-state index contributed by atoms with van der Waals surface area (Å²) in [5.74, 6) is 1.28. The lowest BCUT2D eigenvalue weighted by atomic mass is 10.2. The minimum atomic E-state index is -0.424. The standard InChI is InChI=1S/C13H14ClFN4/c14-10-8-9(5-6-11(10)15)16-13-18-17-12-4-2-1-3-7-19(12)13/h5-6,8H,1-4,7H2,(H,16,18). The highest BCUT2D eigenvalue weighted by Crippen LogP contribution is 2.24. The quantitative estimate of drug-likeness (QED) is 0.915. The van der Waals surface area contributed by atoms with Crippen molar-refractivity contribution in [1.29, 1.82) is 0 Å². The van der Waals surface area contributed by atoms with Crippen LogP contribution in [0.3, 0.4) is 0 Å². The van der Waals surface area contributed by atoms with E-state index >= 15 is 0 Å². The van der Waals surface area contributed by atoms with Gasteiger partial charge in [-0.15, -0.1) is 10.2 Å². The van der Waals surface area contributed by atoms with Gasteiger partial charge in [0.2, 0.25) is 5.95 Å². The smallest absolute Gasteiger partial charge is 0.229 e. The third-order valence-electron chi connectivity index (χ3n) is 3.29. The van der Waals surface area contributed by atoms with Gasteiger partial charge >= 0.3 is 0 Å². The van der Waals surface area contributed by atoms with Gasteiger partial charge in [-0.25, -0.2) is 4.39 Å². The molecule has 2 heterocycles. The number of rotatable bonds is 2. The summed E-state index contributed by atoms with van der Waals surface area (Å²) in [5.41, 5.74) is 0.714. The number of aromatic nitrogens is 3. The van der Waals surface area contributed by atoms with Crippen LogP contribution in [-0.2, 0) is 13.0 Å². The van der Waals surface area contributed by atoms with Crippen molar-refractivity contribution < 1.29 is 4.39 Å². The molecule has 1 aromatic heterocycles. The molecule has 0 bridgehead atoms. The lowest BCUT2D eigenvalue weighted by molar-refractivity contribution is 0.628.